The topological polar surface area (TPSA) is 55.9 Å². The maximum Gasteiger partial charge on any atom is 0.0641 e. The van der Waals surface area contributed by atoms with Crippen LogP contribution in [0.1, 0.15) is 45.9 Å². The molecule has 21 heavy (non-hydrogen) atoms. The van der Waals surface area contributed by atoms with E-state index in [9.17, 15) is 0 Å². The predicted octanol–water partition coefficient (Wildman–Crippen LogP) is 2.85. The summed E-state index contributed by atoms with van der Waals surface area (Å²) in [5.74, 6) is 6.98. The lowest BCUT2D eigenvalue weighted by molar-refractivity contribution is 0.464. The number of nitrogens with two attached hydrogens (primary N) is 1. The highest BCUT2D eigenvalue weighted by molar-refractivity contribution is 8.07. The molecule has 4 nitrogen and oxygen atoms in total. The fraction of sp³-hybridized carbons (Fsp3) is 0.800. The van der Waals surface area contributed by atoms with E-state index in [0.29, 0.717) is 16.5 Å². The first-order valence-electron chi connectivity index (χ1n) is 7.82. The summed E-state index contributed by atoms with van der Waals surface area (Å²) in [6.45, 7) is 9.03. The normalized spacial score (nSPS) is 29.3. The van der Waals surface area contributed by atoms with Crippen molar-refractivity contribution in [1.29, 1.82) is 0 Å². The molecule has 0 aliphatic carbocycles. The SMILES string of the molecule is CCC(C)n1ccc(CC(NN)C2CSC(C)C(C)S2)n1. The second-order valence-corrected chi connectivity index (χ2v) is 8.97. The van der Waals surface area contributed by atoms with Gasteiger partial charge in [0.25, 0.3) is 0 Å². The van der Waals surface area contributed by atoms with Crippen molar-refractivity contribution in [1.82, 2.24) is 15.2 Å². The predicted molar refractivity (Wildman–Crippen MR) is 94.8 cm³/mol. The van der Waals surface area contributed by atoms with Crippen LogP contribution in [0.15, 0.2) is 12.3 Å². The molecule has 5 unspecified atom stereocenters. The third-order valence-electron chi connectivity index (χ3n) is 4.37. The fourth-order valence-corrected chi connectivity index (χ4v) is 5.57. The van der Waals surface area contributed by atoms with Crippen molar-refractivity contribution in [3.05, 3.63) is 18.0 Å². The number of rotatable bonds is 6. The average molecular weight is 329 g/mol. The zero-order valence-corrected chi connectivity index (χ0v) is 15.1. The number of nitrogens with zero attached hydrogens (tertiary/aromatic N) is 2. The third-order valence-corrected chi connectivity index (χ3v) is 7.92. The highest BCUT2D eigenvalue weighted by atomic mass is 32.2. The molecule has 2 heterocycles. The monoisotopic (exact) mass is 328 g/mol. The van der Waals surface area contributed by atoms with Crippen molar-refractivity contribution in [2.24, 2.45) is 5.84 Å². The molecular weight excluding hydrogens is 300 g/mol. The molecule has 0 bridgehead atoms. The van der Waals surface area contributed by atoms with Gasteiger partial charge in [-0.15, -0.1) is 0 Å². The molecule has 0 amide bonds. The van der Waals surface area contributed by atoms with Crippen molar-refractivity contribution in [2.75, 3.05) is 5.75 Å². The van der Waals surface area contributed by atoms with E-state index < -0.39 is 0 Å². The van der Waals surface area contributed by atoms with E-state index in [2.05, 4.69) is 73.6 Å². The summed E-state index contributed by atoms with van der Waals surface area (Å²) in [7, 11) is 0. The van der Waals surface area contributed by atoms with Gasteiger partial charge in [0.2, 0.25) is 0 Å². The summed E-state index contributed by atoms with van der Waals surface area (Å²) in [6, 6.07) is 2.88. The number of hydrogen-bond donors (Lipinski definition) is 2. The average Bonchev–Trinajstić information content (AvgIpc) is 2.95. The van der Waals surface area contributed by atoms with Crippen molar-refractivity contribution >= 4 is 23.5 Å². The summed E-state index contributed by atoms with van der Waals surface area (Å²) >= 11 is 4.13. The number of hydrazine groups is 1. The van der Waals surface area contributed by atoms with Crippen LogP contribution in [0.5, 0.6) is 0 Å². The fourth-order valence-electron chi connectivity index (χ4n) is 2.46. The van der Waals surface area contributed by atoms with E-state index in [1.807, 2.05) is 0 Å². The first-order valence-corrected chi connectivity index (χ1v) is 9.81. The molecule has 120 valence electrons. The van der Waals surface area contributed by atoms with Gasteiger partial charge in [0.05, 0.1) is 5.69 Å². The van der Waals surface area contributed by atoms with Crippen molar-refractivity contribution < 1.29 is 0 Å². The van der Waals surface area contributed by atoms with Crippen LogP contribution in [0.25, 0.3) is 0 Å². The van der Waals surface area contributed by atoms with Crippen LogP contribution >= 0.6 is 23.5 Å². The Hall–Kier alpha value is -0.170. The van der Waals surface area contributed by atoms with Crippen LogP contribution in [-0.2, 0) is 6.42 Å². The minimum absolute atomic E-state index is 0.290. The van der Waals surface area contributed by atoms with E-state index in [-0.39, 0.29) is 6.04 Å². The van der Waals surface area contributed by atoms with Gasteiger partial charge in [-0.1, -0.05) is 20.8 Å². The molecule has 1 aliphatic rings. The Bertz CT molecular complexity index is 437. The molecule has 1 aromatic rings. The van der Waals surface area contributed by atoms with Crippen LogP contribution < -0.4 is 11.3 Å². The molecule has 3 N–H and O–H groups in total. The van der Waals surface area contributed by atoms with E-state index >= 15 is 0 Å². The molecule has 5 atom stereocenters. The van der Waals surface area contributed by atoms with Crippen LogP contribution in [0, 0.1) is 0 Å². The van der Waals surface area contributed by atoms with Gasteiger partial charge in [-0.05, 0) is 19.4 Å². The van der Waals surface area contributed by atoms with Crippen LogP contribution in [0.2, 0.25) is 0 Å². The molecule has 1 fully saturated rings. The maximum absolute atomic E-state index is 5.82. The molecule has 6 heteroatoms. The number of hydrogen-bond acceptors (Lipinski definition) is 5. The minimum Gasteiger partial charge on any atom is -0.271 e. The molecule has 1 aromatic heterocycles. The summed E-state index contributed by atoms with van der Waals surface area (Å²) in [4.78, 5) is 0. The van der Waals surface area contributed by atoms with Gasteiger partial charge >= 0.3 is 0 Å². The van der Waals surface area contributed by atoms with Gasteiger partial charge in [0, 0.05) is 46.2 Å². The second-order valence-electron chi connectivity index (χ2n) is 5.94. The van der Waals surface area contributed by atoms with Gasteiger partial charge in [0.15, 0.2) is 0 Å². The Morgan fingerprint density at radius 3 is 2.86 bits per heavy atom. The highest BCUT2D eigenvalue weighted by Crippen LogP contribution is 2.37. The van der Waals surface area contributed by atoms with Gasteiger partial charge in [0.1, 0.15) is 0 Å². The van der Waals surface area contributed by atoms with E-state index in [1.54, 1.807) is 0 Å². The Balaban J connectivity index is 1.97. The standard InChI is InChI=1S/C15H28N4S2/c1-5-10(2)19-7-6-13(18-19)8-14(17-16)15-9-20-11(3)12(4)21-15/h6-7,10-12,14-15,17H,5,8-9,16H2,1-4H3. The molecule has 0 radical (unpaired) electrons. The van der Waals surface area contributed by atoms with Gasteiger partial charge in [-0.2, -0.15) is 28.6 Å². The molecule has 0 spiro atoms. The minimum atomic E-state index is 0.290. The van der Waals surface area contributed by atoms with Gasteiger partial charge in [-0.25, -0.2) is 0 Å². The highest BCUT2D eigenvalue weighted by Gasteiger charge is 2.31. The Kier molecular flexibility index (Phi) is 6.47. The molecular formula is C15H28N4S2. The lowest BCUT2D eigenvalue weighted by Crippen LogP contribution is -2.47. The lowest BCUT2D eigenvalue weighted by atomic mass is 10.1. The van der Waals surface area contributed by atoms with E-state index in [4.69, 9.17) is 10.9 Å². The zero-order chi connectivity index (χ0) is 15.4. The van der Waals surface area contributed by atoms with Crippen LogP contribution in [0.3, 0.4) is 0 Å². The summed E-state index contributed by atoms with van der Waals surface area (Å²) in [5, 5.41) is 6.67. The zero-order valence-electron chi connectivity index (χ0n) is 13.5. The third kappa shape index (κ3) is 4.41. The van der Waals surface area contributed by atoms with Gasteiger partial charge in [-0.3, -0.25) is 16.0 Å². The molecule has 0 aromatic carbocycles. The van der Waals surface area contributed by atoms with Crippen LogP contribution in [0.4, 0.5) is 0 Å². The quantitative estimate of drug-likeness (QED) is 0.621. The molecule has 1 saturated heterocycles. The first-order chi connectivity index (χ1) is 10.0. The summed E-state index contributed by atoms with van der Waals surface area (Å²) < 4.78 is 2.07. The van der Waals surface area contributed by atoms with Crippen molar-refractivity contribution in [2.45, 2.75) is 68.4 Å². The smallest absolute Gasteiger partial charge is 0.0641 e. The summed E-state index contributed by atoms with van der Waals surface area (Å²) in [6.07, 6.45) is 4.09. The van der Waals surface area contributed by atoms with Crippen LogP contribution in [-0.4, -0.2) is 37.3 Å². The second kappa shape index (κ2) is 7.90. The van der Waals surface area contributed by atoms with E-state index in [1.165, 1.54) is 0 Å². The first kappa shape index (κ1) is 17.2. The molecule has 2 rings (SSSR count). The van der Waals surface area contributed by atoms with Crippen molar-refractivity contribution in [3.63, 3.8) is 0 Å². The lowest BCUT2D eigenvalue weighted by Gasteiger charge is -2.35. The largest absolute Gasteiger partial charge is 0.271 e. The molecule has 1 aliphatic heterocycles. The maximum atomic E-state index is 5.82. The number of aromatic nitrogens is 2. The number of nitrogens with one attached hydrogen (secondary N) is 1. The Morgan fingerprint density at radius 1 is 1.48 bits per heavy atom. The Morgan fingerprint density at radius 2 is 2.24 bits per heavy atom. The molecule has 0 saturated carbocycles. The summed E-state index contributed by atoms with van der Waals surface area (Å²) in [5.41, 5.74) is 4.16. The Labute approximate surface area is 137 Å². The van der Waals surface area contributed by atoms with Crippen molar-refractivity contribution in [3.8, 4) is 0 Å². The number of thioether (sulfide) groups is 2. The van der Waals surface area contributed by atoms with E-state index in [0.717, 1.165) is 29.5 Å². The van der Waals surface area contributed by atoms with Gasteiger partial charge < -0.3 is 0 Å².